The average molecular weight is 533 g/mol. The van der Waals surface area contributed by atoms with Crippen molar-refractivity contribution in [2.75, 3.05) is 45.2 Å². The van der Waals surface area contributed by atoms with Gasteiger partial charge in [0.25, 0.3) is 5.91 Å². The molecule has 2 bridgehead atoms. The monoisotopic (exact) mass is 532 g/mol. The molecular weight excluding hydrogens is 506 g/mol. The second-order valence-corrected chi connectivity index (χ2v) is 10.3. The van der Waals surface area contributed by atoms with E-state index in [1.807, 2.05) is 6.07 Å². The number of carbonyl (C=O) groups excluding carboxylic acids is 1. The van der Waals surface area contributed by atoms with Crippen LogP contribution in [0.3, 0.4) is 0 Å². The van der Waals surface area contributed by atoms with E-state index in [2.05, 4.69) is 31.8 Å². The molecule has 2 aliphatic heterocycles. The molecule has 4 aromatic rings. The highest BCUT2D eigenvalue weighted by Crippen LogP contribution is 2.53. The molecule has 3 aliphatic rings. The number of hydrogen-bond donors (Lipinski definition) is 0. The number of amides is 1. The Labute approximate surface area is 222 Å². The molecule has 1 aromatic carbocycles. The van der Waals surface area contributed by atoms with Crippen LogP contribution >= 0.6 is 0 Å². The molecular formula is C27H26F2N8O2. The van der Waals surface area contributed by atoms with Crippen molar-refractivity contribution in [1.82, 2.24) is 34.4 Å². The fourth-order valence-corrected chi connectivity index (χ4v) is 6.05. The Bertz CT molecular complexity index is 1580. The summed E-state index contributed by atoms with van der Waals surface area (Å²) in [5.41, 5.74) is 4.72. The third-order valence-electron chi connectivity index (χ3n) is 8.09. The first-order chi connectivity index (χ1) is 18.9. The number of hydrogen-bond acceptors (Lipinski definition) is 8. The normalized spacial score (nSPS) is 20.9. The van der Waals surface area contributed by atoms with Crippen LogP contribution < -0.4 is 9.64 Å². The van der Waals surface area contributed by atoms with Crippen molar-refractivity contribution in [3.8, 4) is 17.0 Å². The van der Waals surface area contributed by atoms with Gasteiger partial charge in [0.15, 0.2) is 0 Å². The van der Waals surface area contributed by atoms with E-state index in [-0.39, 0.29) is 23.6 Å². The number of carbonyl (C=O) groups is 1. The van der Waals surface area contributed by atoms with Gasteiger partial charge in [0.2, 0.25) is 5.95 Å². The van der Waals surface area contributed by atoms with Crippen molar-refractivity contribution < 1.29 is 18.3 Å². The van der Waals surface area contributed by atoms with Crippen LogP contribution in [0.1, 0.15) is 45.6 Å². The van der Waals surface area contributed by atoms with Crippen LogP contribution in [0.5, 0.6) is 5.75 Å². The first kappa shape index (κ1) is 23.9. The van der Waals surface area contributed by atoms with E-state index >= 15 is 0 Å². The third kappa shape index (κ3) is 3.81. The molecule has 200 valence electrons. The van der Waals surface area contributed by atoms with E-state index in [9.17, 15) is 13.6 Å². The molecule has 0 saturated carbocycles. The van der Waals surface area contributed by atoms with Crippen LogP contribution in [0.4, 0.5) is 14.7 Å². The van der Waals surface area contributed by atoms with Gasteiger partial charge in [0, 0.05) is 73.8 Å². The number of nitrogens with zero attached hydrogens (tertiary/aromatic N) is 8. The molecule has 1 amide bonds. The number of rotatable bonds is 4. The Hall–Kier alpha value is -4.19. The molecule has 5 heterocycles. The number of piperazine rings is 1. The molecule has 1 fully saturated rings. The molecule has 2 unspecified atom stereocenters. The van der Waals surface area contributed by atoms with Crippen LogP contribution in [0.25, 0.3) is 16.8 Å². The first-order valence-electron chi connectivity index (χ1n) is 12.9. The van der Waals surface area contributed by atoms with E-state index in [4.69, 9.17) is 9.84 Å². The van der Waals surface area contributed by atoms with E-state index < -0.39 is 6.61 Å². The number of benzene rings is 1. The second kappa shape index (κ2) is 8.94. The summed E-state index contributed by atoms with van der Waals surface area (Å²) in [5, 5.41) is 4.77. The molecule has 0 radical (unpaired) electrons. The van der Waals surface area contributed by atoms with Gasteiger partial charge in [-0.3, -0.25) is 4.79 Å². The fraction of sp³-hybridized carbons (Fsp3) is 0.370. The second-order valence-electron chi connectivity index (χ2n) is 10.3. The highest BCUT2D eigenvalue weighted by atomic mass is 19.3. The molecule has 7 rings (SSSR count). The number of fused-ring (bicyclic) bond motifs is 9. The summed E-state index contributed by atoms with van der Waals surface area (Å²) >= 11 is 0. The summed E-state index contributed by atoms with van der Waals surface area (Å²) in [5.74, 6) is 0.132. The molecule has 10 nitrogen and oxygen atoms in total. The summed E-state index contributed by atoms with van der Waals surface area (Å²) in [4.78, 5) is 33.2. The molecule has 2 atom stereocenters. The standard InChI is InChI=1S/C27H26F2N8O2/c1-34-6-8-36(9-7-34)27-30-12-15(13-31-27)18-11-19-23-17-10-20(24(23)33-37(19)14-32-18)35(2)25(38)16-4-3-5-21(22(16)17)39-26(28)29/h3-5,11-14,17,20,26H,6-10H2,1-2H3. The van der Waals surface area contributed by atoms with Gasteiger partial charge >= 0.3 is 6.61 Å². The number of likely N-dealkylation sites (N-methyl/N-ethyl adjacent to an activating group) is 1. The van der Waals surface area contributed by atoms with Crippen molar-refractivity contribution in [3.05, 3.63) is 65.4 Å². The lowest BCUT2D eigenvalue weighted by atomic mass is 9.88. The van der Waals surface area contributed by atoms with Gasteiger partial charge < -0.3 is 19.4 Å². The van der Waals surface area contributed by atoms with E-state index in [0.29, 0.717) is 29.2 Å². The molecule has 1 saturated heterocycles. The predicted molar refractivity (Wildman–Crippen MR) is 138 cm³/mol. The van der Waals surface area contributed by atoms with E-state index in [0.717, 1.165) is 48.5 Å². The number of aromatic nitrogens is 5. The molecule has 0 N–H and O–H groups in total. The summed E-state index contributed by atoms with van der Waals surface area (Å²) in [6.45, 7) is 0.677. The summed E-state index contributed by atoms with van der Waals surface area (Å²) in [7, 11) is 3.83. The maximum atomic E-state index is 13.3. The highest BCUT2D eigenvalue weighted by Gasteiger charge is 2.46. The molecule has 39 heavy (non-hydrogen) atoms. The Balaban J connectivity index is 1.31. The van der Waals surface area contributed by atoms with E-state index in [1.54, 1.807) is 47.3 Å². The van der Waals surface area contributed by atoms with Gasteiger partial charge in [0.05, 0.1) is 22.9 Å². The molecule has 3 aromatic heterocycles. The Kier molecular flexibility index (Phi) is 5.48. The van der Waals surface area contributed by atoms with Crippen molar-refractivity contribution in [3.63, 3.8) is 0 Å². The fourth-order valence-electron chi connectivity index (χ4n) is 6.05. The maximum Gasteiger partial charge on any atom is 0.387 e. The number of halogens is 2. The summed E-state index contributed by atoms with van der Waals surface area (Å²) < 4.78 is 33.3. The maximum absolute atomic E-state index is 13.3. The van der Waals surface area contributed by atoms with Crippen molar-refractivity contribution in [2.45, 2.75) is 25.0 Å². The van der Waals surface area contributed by atoms with Gasteiger partial charge in [-0.25, -0.2) is 19.5 Å². The zero-order chi connectivity index (χ0) is 26.8. The number of ether oxygens (including phenoxy) is 1. The lowest BCUT2D eigenvalue weighted by Gasteiger charge is -2.32. The Morgan fingerprint density at radius 2 is 1.79 bits per heavy atom. The largest absolute Gasteiger partial charge is 0.434 e. The SMILES string of the molecule is CN1CCN(c2ncc(-c3cc4c5c(nn4cn3)C3CC5c4c(OC(F)F)cccc4C(=O)N3C)cn2)CC1. The van der Waals surface area contributed by atoms with Gasteiger partial charge in [0.1, 0.15) is 12.1 Å². The topological polar surface area (TPSA) is 92.0 Å². The first-order valence-corrected chi connectivity index (χ1v) is 12.9. The number of anilines is 1. The van der Waals surface area contributed by atoms with Crippen LogP contribution in [0.2, 0.25) is 0 Å². The molecule has 0 spiro atoms. The van der Waals surface area contributed by atoms with Crippen molar-refractivity contribution in [1.29, 1.82) is 0 Å². The van der Waals surface area contributed by atoms with Crippen LogP contribution in [-0.4, -0.2) is 87.2 Å². The van der Waals surface area contributed by atoms with Gasteiger partial charge in [-0.1, -0.05) is 6.07 Å². The predicted octanol–water partition coefficient (Wildman–Crippen LogP) is 3.20. The van der Waals surface area contributed by atoms with Crippen LogP contribution in [-0.2, 0) is 0 Å². The average Bonchev–Trinajstić information content (AvgIpc) is 3.46. The number of alkyl halides is 2. The van der Waals surface area contributed by atoms with Crippen molar-refractivity contribution >= 4 is 17.4 Å². The minimum atomic E-state index is -3.00. The molecule has 12 heteroatoms. The quantitative estimate of drug-likeness (QED) is 0.396. The van der Waals surface area contributed by atoms with Gasteiger partial charge in [-0.05, 0) is 31.7 Å². The summed E-state index contributed by atoms with van der Waals surface area (Å²) in [6, 6.07) is 6.37. The molecule has 1 aliphatic carbocycles. The highest BCUT2D eigenvalue weighted by molar-refractivity contribution is 5.98. The lowest BCUT2D eigenvalue weighted by molar-refractivity contribution is -0.0505. The zero-order valence-corrected chi connectivity index (χ0v) is 21.5. The van der Waals surface area contributed by atoms with Crippen LogP contribution in [0, 0.1) is 0 Å². The zero-order valence-electron chi connectivity index (χ0n) is 21.5. The van der Waals surface area contributed by atoms with Crippen LogP contribution in [0.15, 0.2) is 43.0 Å². The minimum absolute atomic E-state index is 0.0178. The van der Waals surface area contributed by atoms with Gasteiger partial charge in [-0.15, -0.1) is 0 Å². The van der Waals surface area contributed by atoms with E-state index in [1.165, 1.54) is 6.07 Å². The minimum Gasteiger partial charge on any atom is -0.434 e. The van der Waals surface area contributed by atoms with Crippen molar-refractivity contribution in [2.24, 2.45) is 0 Å². The smallest absolute Gasteiger partial charge is 0.387 e. The Morgan fingerprint density at radius 1 is 1.03 bits per heavy atom. The third-order valence-corrected chi connectivity index (χ3v) is 8.09. The lowest BCUT2D eigenvalue weighted by Crippen LogP contribution is -2.45. The Morgan fingerprint density at radius 3 is 2.54 bits per heavy atom. The summed E-state index contributed by atoms with van der Waals surface area (Å²) in [6.07, 6.45) is 5.72. The van der Waals surface area contributed by atoms with Gasteiger partial charge in [-0.2, -0.15) is 13.9 Å².